The van der Waals surface area contributed by atoms with E-state index in [2.05, 4.69) is 5.32 Å². The van der Waals surface area contributed by atoms with Crippen LogP contribution >= 0.6 is 22.9 Å². The molecule has 1 N–H and O–H groups in total. The summed E-state index contributed by atoms with van der Waals surface area (Å²) in [5.41, 5.74) is 1.06. The Morgan fingerprint density at radius 1 is 1.19 bits per heavy atom. The molecule has 3 rings (SSSR count). The van der Waals surface area contributed by atoms with Gasteiger partial charge in [0.25, 0.3) is 10.0 Å². The number of benzene rings is 1. The summed E-state index contributed by atoms with van der Waals surface area (Å²) < 4.78 is 27.3. The van der Waals surface area contributed by atoms with Crippen LogP contribution in [0.25, 0.3) is 0 Å². The van der Waals surface area contributed by atoms with Gasteiger partial charge in [-0.1, -0.05) is 11.6 Å². The maximum absolute atomic E-state index is 12.8. The summed E-state index contributed by atoms with van der Waals surface area (Å²) in [6.45, 7) is 1.75. The largest absolute Gasteiger partial charge is 0.325 e. The Morgan fingerprint density at radius 3 is 2.46 bits per heavy atom. The number of ketones is 1. The van der Waals surface area contributed by atoms with E-state index in [0.29, 0.717) is 35.0 Å². The molecule has 2 heterocycles. The molecule has 6 nitrogen and oxygen atoms in total. The van der Waals surface area contributed by atoms with Crippen molar-refractivity contribution in [2.24, 2.45) is 0 Å². The van der Waals surface area contributed by atoms with Gasteiger partial charge in [0.05, 0.1) is 4.34 Å². The molecular weight excluding hydrogens is 396 g/mol. The molecule has 1 atom stereocenters. The molecule has 138 valence electrons. The van der Waals surface area contributed by atoms with Crippen molar-refractivity contribution >= 4 is 50.3 Å². The molecule has 0 unspecified atom stereocenters. The van der Waals surface area contributed by atoms with Gasteiger partial charge in [0.1, 0.15) is 10.3 Å². The second kappa shape index (κ2) is 7.48. The van der Waals surface area contributed by atoms with Gasteiger partial charge in [-0.2, -0.15) is 4.31 Å². The van der Waals surface area contributed by atoms with Crippen LogP contribution in [0.2, 0.25) is 4.34 Å². The molecule has 1 aromatic heterocycles. The second-order valence-electron chi connectivity index (χ2n) is 5.96. The summed E-state index contributed by atoms with van der Waals surface area (Å²) in [4.78, 5) is 23.9. The van der Waals surface area contributed by atoms with Gasteiger partial charge in [0.2, 0.25) is 5.91 Å². The van der Waals surface area contributed by atoms with Crippen LogP contribution in [0.15, 0.2) is 40.6 Å². The number of thiophene rings is 1. The van der Waals surface area contributed by atoms with Gasteiger partial charge in [0.15, 0.2) is 5.78 Å². The zero-order chi connectivity index (χ0) is 18.9. The molecule has 9 heteroatoms. The van der Waals surface area contributed by atoms with E-state index in [4.69, 9.17) is 11.6 Å². The maximum Gasteiger partial charge on any atom is 0.253 e. The highest BCUT2D eigenvalue weighted by Gasteiger charge is 2.40. The third-order valence-corrected chi connectivity index (χ3v) is 7.78. The van der Waals surface area contributed by atoms with E-state index in [0.717, 1.165) is 11.3 Å². The number of amides is 1. The van der Waals surface area contributed by atoms with Crippen molar-refractivity contribution in [3.8, 4) is 0 Å². The third kappa shape index (κ3) is 3.83. The SMILES string of the molecule is CC(=O)c1ccc(NC(=O)[C@@H]2CCCN2S(=O)(=O)c2ccc(Cl)s2)cc1. The molecule has 0 spiro atoms. The lowest BCUT2D eigenvalue weighted by molar-refractivity contribution is -0.119. The fourth-order valence-electron chi connectivity index (χ4n) is 2.86. The Morgan fingerprint density at radius 2 is 1.88 bits per heavy atom. The molecular formula is C17H17ClN2O4S2. The number of hydrogen-bond donors (Lipinski definition) is 1. The van der Waals surface area contributed by atoms with Crippen LogP contribution in [0, 0.1) is 0 Å². The number of anilines is 1. The van der Waals surface area contributed by atoms with E-state index in [1.165, 1.54) is 23.4 Å². The molecule has 1 saturated heterocycles. The number of Topliss-reactive ketones (excluding diaryl/α,β-unsaturated/α-hetero) is 1. The van der Waals surface area contributed by atoms with Crippen LogP contribution in [-0.4, -0.2) is 37.0 Å². The fourth-order valence-corrected chi connectivity index (χ4v) is 6.12. The lowest BCUT2D eigenvalue weighted by Crippen LogP contribution is -2.42. The van der Waals surface area contributed by atoms with Crippen LogP contribution in [0.5, 0.6) is 0 Å². The Bertz CT molecular complexity index is 938. The molecule has 0 radical (unpaired) electrons. The summed E-state index contributed by atoms with van der Waals surface area (Å²) in [5.74, 6) is -0.449. The number of hydrogen-bond acceptors (Lipinski definition) is 5. The molecule has 1 aliphatic heterocycles. The predicted molar refractivity (Wildman–Crippen MR) is 101 cm³/mol. The average molecular weight is 413 g/mol. The lowest BCUT2D eigenvalue weighted by Gasteiger charge is -2.22. The molecule has 1 fully saturated rings. The number of rotatable bonds is 5. The Balaban J connectivity index is 1.77. The average Bonchev–Trinajstić information content (AvgIpc) is 3.24. The van der Waals surface area contributed by atoms with Gasteiger partial charge < -0.3 is 5.32 Å². The number of sulfonamides is 1. The van der Waals surface area contributed by atoms with Crippen molar-refractivity contribution in [1.29, 1.82) is 0 Å². The lowest BCUT2D eigenvalue weighted by atomic mass is 10.1. The van der Waals surface area contributed by atoms with Gasteiger partial charge in [0, 0.05) is 17.8 Å². The van der Waals surface area contributed by atoms with E-state index >= 15 is 0 Å². The smallest absolute Gasteiger partial charge is 0.253 e. The topological polar surface area (TPSA) is 83.6 Å². The minimum atomic E-state index is -3.76. The second-order valence-corrected chi connectivity index (χ2v) is 9.79. The molecule has 0 aliphatic carbocycles. The van der Waals surface area contributed by atoms with Gasteiger partial charge in [-0.15, -0.1) is 11.3 Å². The van der Waals surface area contributed by atoms with Crippen molar-refractivity contribution < 1.29 is 18.0 Å². The van der Waals surface area contributed by atoms with Crippen molar-refractivity contribution in [3.05, 3.63) is 46.3 Å². The summed E-state index contributed by atoms with van der Waals surface area (Å²) in [7, 11) is -3.76. The van der Waals surface area contributed by atoms with E-state index in [-0.39, 0.29) is 15.9 Å². The van der Waals surface area contributed by atoms with E-state index in [1.807, 2.05) is 0 Å². The number of carbonyl (C=O) groups is 2. The predicted octanol–water partition coefficient (Wildman–Crippen LogP) is 3.40. The first-order valence-corrected chi connectivity index (χ1v) is 10.6. The highest BCUT2D eigenvalue weighted by molar-refractivity contribution is 7.91. The zero-order valence-corrected chi connectivity index (χ0v) is 16.3. The van der Waals surface area contributed by atoms with Crippen LogP contribution in [0.4, 0.5) is 5.69 Å². The van der Waals surface area contributed by atoms with Crippen molar-refractivity contribution in [3.63, 3.8) is 0 Å². The van der Waals surface area contributed by atoms with Crippen LogP contribution in [-0.2, 0) is 14.8 Å². The molecule has 1 aliphatic rings. The van der Waals surface area contributed by atoms with Crippen LogP contribution in [0.3, 0.4) is 0 Å². The number of carbonyl (C=O) groups excluding carboxylic acids is 2. The molecule has 26 heavy (non-hydrogen) atoms. The number of halogens is 1. The number of nitrogens with zero attached hydrogens (tertiary/aromatic N) is 1. The first-order valence-electron chi connectivity index (χ1n) is 7.98. The van der Waals surface area contributed by atoms with Crippen molar-refractivity contribution in [1.82, 2.24) is 4.31 Å². The molecule has 0 bridgehead atoms. The summed E-state index contributed by atoms with van der Waals surface area (Å²) in [5, 5.41) is 2.73. The first kappa shape index (κ1) is 19.0. The Hall–Kier alpha value is -1.74. The fraction of sp³-hybridized carbons (Fsp3) is 0.294. The Kier molecular flexibility index (Phi) is 5.47. The minimum absolute atomic E-state index is 0.0643. The Labute approximate surface area is 160 Å². The summed E-state index contributed by atoms with van der Waals surface area (Å²) >= 11 is 6.82. The molecule has 1 aromatic carbocycles. The van der Waals surface area contributed by atoms with Gasteiger partial charge in [-0.25, -0.2) is 8.42 Å². The molecule has 0 saturated carbocycles. The third-order valence-electron chi connectivity index (χ3n) is 4.18. The quantitative estimate of drug-likeness (QED) is 0.763. The highest BCUT2D eigenvalue weighted by atomic mass is 35.5. The normalized spacial score (nSPS) is 18.0. The minimum Gasteiger partial charge on any atom is -0.325 e. The monoisotopic (exact) mass is 412 g/mol. The molecule has 1 amide bonds. The van der Waals surface area contributed by atoms with E-state index in [1.54, 1.807) is 24.3 Å². The zero-order valence-electron chi connectivity index (χ0n) is 13.9. The highest BCUT2D eigenvalue weighted by Crippen LogP contribution is 2.32. The summed E-state index contributed by atoms with van der Waals surface area (Å²) in [6.07, 6.45) is 1.06. The van der Waals surface area contributed by atoms with Gasteiger partial charge >= 0.3 is 0 Å². The van der Waals surface area contributed by atoms with E-state index in [9.17, 15) is 18.0 Å². The summed E-state index contributed by atoms with van der Waals surface area (Å²) in [6, 6.07) is 8.71. The molecule has 2 aromatic rings. The van der Waals surface area contributed by atoms with E-state index < -0.39 is 16.1 Å². The number of nitrogens with one attached hydrogen (secondary N) is 1. The first-order chi connectivity index (χ1) is 12.3. The van der Waals surface area contributed by atoms with Crippen LogP contribution in [0.1, 0.15) is 30.1 Å². The van der Waals surface area contributed by atoms with Gasteiger partial charge in [-0.3, -0.25) is 9.59 Å². The van der Waals surface area contributed by atoms with Crippen molar-refractivity contribution in [2.75, 3.05) is 11.9 Å². The van der Waals surface area contributed by atoms with Crippen molar-refractivity contribution in [2.45, 2.75) is 30.0 Å². The standard InChI is InChI=1S/C17H17ClN2O4S2/c1-11(21)12-4-6-13(7-5-12)19-17(22)14-3-2-10-20(14)26(23,24)16-9-8-15(18)25-16/h4-9,14H,2-3,10H2,1H3,(H,19,22)/t14-/m0/s1. The maximum atomic E-state index is 12.8. The van der Waals surface area contributed by atoms with Gasteiger partial charge in [-0.05, 0) is 56.2 Å². The van der Waals surface area contributed by atoms with Crippen LogP contribution < -0.4 is 5.32 Å².